The first-order valence-corrected chi connectivity index (χ1v) is 6.83. The highest BCUT2D eigenvalue weighted by atomic mass is 33.1. The second-order valence-corrected chi connectivity index (χ2v) is 5.70. The molecule has 0 aliphatic carbocycles. The average Bonchev–Trinajstić information content (AvgIpc) is 2.16. The van der Waals surface area contributed by atoms with Gasteiger partial charge in [-0.2, -0.15) is 8.42 Å². The molecule has 5 heteroatoms. The summed E-state index contributed by atoms with van der Waals surface area (Å²) in [5.74, 6) is 0. The van der Waals surface area contributed by atoms with Gasteiger partial charge in [-0.25, -0.2) is 0 Å². The van der Waals surface area contributed by atoms with Crippen LogP contribution in [-0.2, 0) is 9.06 Å². The molecule has 2 aromatic carbocycles. The van der Waals surface area contributed by atoms with Crippen LogP contribution in [0.25, 0.3) is 10.8 Å². The van der Waals surface area contributed by atoms with E-state index in [2.05, 4.69) is 16.4 Å². The summed E-state index contributed by atoms with van der Waals surface area (Å²) >= 11 is 3.45. The quantitative estimate of drug-likeness (QED) is 0.624. The molecule has 2 rings (SSSR count). The van der Waals surface area contributed by atoms with Gasteiger partial charge in [-0.1, -0.05) is 36.4 Å². The van der Waals surface area contributed by atoms with Crippen LogP contribution in [0.1, 0.15) is 0 Å². The van der Waals surface area contributed by atoms with E-state index < -0.39 is 9.06 Å². The molecule has 0 aromatic heterocycles. The zero-order valence-electron chi connectivity index (χ0n) is 7.71. The molecule has 0 fully saturated rings. The molecule has 0 saturated carbocycles. The van der Waals surface area contributed by atoms with E-state index >= 15 is 0 Å². The number of hydrogen-bond acceptors (Lipinski definition) is 2. The fraction of sp³-hybridized carbons (Fsp3) is 0. The third-order valence-electron chi connectivity index (χ3n) is 2.03. The van der Waals surface area contributed by atoms with Crippen LogP contribution in [0.2, 0.25) is 0 Å². The van der Waals surface area contributed by atoms with Gasteiger partial charge in [0, 0.05) is 5.39 Å². The van der Waals surface area contributed by atoms with Gasteiger partial charge in [-0.15, -0.1) is 0 Å². The molecule has 0 spiro atoms. The van der Waals surface area contributed by atoms with E-state index in [4.69, 9.17) is 0 Å². The molecule has 0 aliphatic heterocycles. The number of fused-ring (bicyclic) bond motifs is 1. The Bertz CT molecular complexity index is 588. The molecule has 15 heavy (non-hydrogen) atoms. The van der Waals surface area contributed by atoms with Crippen molar-refractivity contribution in [3.63, 3.8) is 0 Å². The van der Waals surface area contributed by atoms with Crippen LogP contribution in [0.3, 0.4) is 0 Å². The summed E-state index contributed by atoms with van der Waals surface area (Å²) in [6.07, 6.45) is 0. The third-order valence-corrected chi connectivity index (χ3v) is 2.78. The Hall–Kier alpha value is -1.20. The van der Waals surface area contributed by atoms with E-state index in [1.54, 1.807) is 12.1 Å². The maximum Gasteiger partial charge on any atom is 0.283 e. The molecule has 0 bridgehead atoms. The van der Waals surface area contributed by atoms with Crippen molar-refractivity contribution in [2.24, 2.45) is 0 Å². The fourth-order valence-corrected chi connectivity index (χ4v) is 2.20. The van der Waals surface area contributed by atoms with Crippen LogP contribution in [0, 0.1) is 0 Å². The molecular weight excluding hydrogens is 230 g/mol. The van der Waals surface area contributed by atoms with Gasteiger partial charge in [0.25, 0.3) is 9.06 Å². The Morgan fingerprint density at radius 3 is 2.40 bits per heavy atom. The van der Waals surface area contributed by atoms with Gasteiger partial charge < -0.3 is 0 Å². The summed E-state index contributed by atoms with van der Waals surface area (Å²) < 4.78 is 24.4. The highest BCUT2D eigenvalue weighted by molar-refractivity contribution is 8.64. The van der Waals surface area contributed by atoms with Crippen LogP contribution >= 0.6 is 11.7 Å². The van der Waals surface area contributed by atoms with Gasteiger partial charge in [-0.3, -0.25) is 4.72 Å². The van der Waals surface area contributed by atoms with Crippen molar-refractivity contribution in [3.8, 4) is 0 Å². The van der Waals surface area contributed by atoms with Crippen molar-refractivity contribution < 1.29 is 8.42 Å². The molecule has 3 nitrogen and oxygen atoms in total. The third kappa shape index (κ3) is 2.43. The molecule has 0 aliphatic rings. The van der Waals surface area contributed by atoms with E-state index in [1.807, 2.05) is 30.3 Å². The van der Waals surface area contributed by atoms with Crippen LogP contribution in [0.5, 0.6) is 0 Å². The molecule has 0 radical (unpaired) electrons. The molecular formula is C10H9NO2S2. The summed E-state index contributed by atoms with van der Waals surface area (Å²) in [6.45, 7) is 0. The van der Waals surface area contributed by atoms with Crippen molar-refractivity contribution in [1.29, 1.82) is 0 Å². The Morgan fingerprint density at radius 2 is 1.67 bits per heavy atom. The van der Waals surface area contributed by atoms with Crippen LogP contribution in [0.15, 0.2) is 42.5 Å². The van der Waals surface area contributed by atoms with Gasteiger partial charge >= 0.3 is 0 Å². The highest BCUT2D eigenvalue weighted by Gasteiger charge is 2.05. The summed E-state index contributed by atoms with van der Waals surface area (Å²) in [5.41, 5.74) is 0.545. The summed E-state index contributed by atoms with van der Waals surface area (Å²) in [4.78, 5) is 0. The van der Waals surface area contributed by atoms with Crippen LogP contribution in [-0.4, -0.2) is 8.42 Å². The molecule has 0 amide bonds. The van der Waals surface area contributed by atoms with E-state index in [9.17, 15) is 8.42 Å². The Labute approximate surface area is 93.0 Å². The number of nitrogens with one attached hydrogen (secondary N) is 1. The molecule has 1 N–H and O–H groups in total. The zero-order chi connectivity index (χ0) is 10.9. The lowest BCUT2D eigenvalue weighted by Gasteiger charge is -2.06. The minimum absolute atomic E-state index is 0.545. The normalized spacial score (nSPS) is 11.5. The minimum Gasteiger partial charge on any atom is -0.275 e. The Morgan fingerprint density at radius 1 is 1.00 bits per heavy atom. The van der Waals surface area contributed by atoms with Crippen molar-refractivity contribution in [2.45, 2.75) is 0 Å². The van der Waals surface area contributed by atoms with E-state index in [0.29, 0.717) is 5.69 Å². The number of anilines is 1. The largest absolute Gasteiger partial charge is 0.283 e. The smallest absolute Gasteiger partial charge is 0.275 e. The number of rotatable bonds is 2. The van der Waals surface area contributed by atoms with Gasteiger partial charge in [0.05, 0.1) is 5.69 Å². The van der Waals surface area contributed by atoms with E-state index in [1.165, 1.54) is 0 Å². The number of thiol groups is 1. The maximum atomic E-state index is 11.0. The average molecular weight is 239 g/mol. The number of hydrogen-bond donors (Lipinski definition) is 2. The highest BCUT2D eigenvalue weighted by Crippen LogP contribution is 2.24. The van der Waals surface area contributed by atoms with Gasteiger partial charge in [0.15, 0.2) is 0 Å². The lowest BCUT2D eigenvalue weighted by Crippen LogP contribution is -2.04. The minimum atomic E-state index is -3.52. The van der Waals surface area contributed by atoms with Gasteiger partial charge in [0.1, 0.15) is 0 Å². The predicted molar refractivity (Wildman–Crippen MR) is 65.5 cm³/mol. The van der Waals surface area contributed by atoms with Gasteiger partial charge in [-0.05, 0) is 23.1 Å². The van der Waals surface area contributed by atoms with E-state index in [0.717, 1.165) is 10.8 Å². The second-order valence-electron chi connectivity index (χ2n) is 3.10. The first-order chi connectivity index (χ1) is 7.06. The maximum absolute atomic E-state index is 11.0. The molecule has 0 heterocycles. The zero-order valence-corrected chi connectivity index (χ0v) is 9.42. The molecule has 0 unspecified atom stereocenters. The summed E-state index contributed by atoms with van der Waals surface area (Å²) in [7, 11) is -3.52. The molecule has 2 aromatic rings. The lowest BCUT2D eigenvalue weighted by molar-refractivity contribution is 0.615. The summed E-state index contributed by atoms with van der Waals surface area (Å²) in [6, 6.07) is 13.0. The van der Waals surface area contributed by atoms with Crippen molar-refractivity contribution in [2.75, 3.05) is 4.72 Å². The Kier molecular flexibility index (Phi) is 2.58. The molecule has 0 atom stereocenters. The predicted octanol–water partition coefficient (Wildman–Crippen LogP) is 2.43. The van der Waals surface area contributed by atoms with Gasteiger partial charge in [0.2, 0.25) is 0 Å². The standard InChI is InChI=1S/C10H9NO2S2/c12-15(13,14)11-10-7-3-5-8-4-1-2-6-9(8)10/h1-7,11H,(H,12,13,14). The van der Waals surface area contributed by atoms with Crippen molar-refractivity contribution in [3.05, 3.63) is 42.5 Å². The monoisotopic (exact) mass is 239 g/mol. The van der Waals surface area contributed by atoms with Crippen LogP contribution in [0.4, 0.5) is 5.69 Å². The van der Waals surface area contributed by atoms with Crippen molar-refractivity contribution in [1.82, 2.24) is 0 Å². The van der Waals surface area contributed by atoms with Crippen molar-refractivity contribution >= 4 is 37.2 Å². The first kappa shape index (κ1) is 10.3. The second kappa shape index (κ2) is 3.75. The first-order valence-electron chi connectivity index (χ1n) is 4.29. The lowest BCUT2D eigenvalue weighted by atomic mass is 10.1. The fourth-order valence-electron chi connectivity index (χ4n) is 1.45. The van der Waals surface area contributed by atoms with Crippen LogP contribution < -0.4 is 4.72 Å². The Balaban J connectivity index is 2.61. The summed E-state index contributed by atoms with van der Waals surface area (Å²) in [5, 5.41) is 1.84. The topological polar surface area (TPSA) is 46.2 Å². The number of benzene rings is 2. The molecule has 78 valence electrons. The SMILES string of the molecule is O=S(=O)(S)Nc1cccc2ccccc12. The van der Waals surface area contributed by atoms with E-state index in [-0.39, 0.29) is 0 Å². The molecule has 0 saturated heterocycles.